The highest BCUT2D eigenvalue weighted by atomic mass is 16.5. The highest BCUT2D eigenvalue weighted by Gasteiger charge is 2.31. The van der Waals surface area contributed by atoms with Gasteiger partial charge in [0.1, 0.15) is 11.5 Å². The van der Waals surface area contributed by atoms with Gasteiger partial charge in [0.25, 0.3) is 5.91 Å². The summed E-state index contributed by atoms with van der Waals surface area (Å²) in [6.45, 7) is 3.94. The molecule has 176 valence electrons. The maximum Gasteiger partial charge on any atom is 0.254 e. The molecular formula is C26H33N3O4. The molecule has 2 aliphatic heterocycles. The van der Waals surface area contributed by atoms with Crippen LogP contribution in [0.2, 0.25) is 0 Å². The summed E-state index contributed by atoms with van der Waals surface area (Å²) in [5.74, 6) is 1.20. The largest absolute Gasteiger partial charge is 0.497 e. The molecule has 2 fully saturated rings. The van der Waals surface area contributed by atoms with Crippen molar-refractivity contribution in [1.29, 1.82) is 0 Å². The predicted octanol–water partition coefficient (Wildman–Crippen LogP) is 2.95. The van der Waals surface area contributed by atoms with Crippen LogP contribution in [0.25, 0.3) is 0 Å². The number of benzene rings is 2. The Balaban J connectivity index is 1.25. The quantitative estimate of drug-likeness (QED) is 0.701. The SMILES string of the molecule is COc1cc(OC)cc(C(=O)N2CCC(C(=O)NC3CCN(Cc4ccccc4)C3)CC2)c1. The van der Waals surface area contributed by atoms with Crippen LogP contribution in [0.1, 0.15) is 35.2 Å². The Morgan fingerprint density at radius 2 is 1.61 bits per heavy atom. The smallest absolute Gasteiger partial charge is 0.254 e. The molecule has 4 rings (SSSR count). The number of carbonyl (C=O) groups is 2. The number of nitrogens with one attached hydrogen (secondary N) is 1. The number of hydrogen-bond acceptors (Lipinski definition) is 5. The molecule has 1 atom stereocenters. The van der Waals surface area contributed by atoms with Gasteiger partial charge in [-0.1, -0.05) is 30.3 Å². The molecule has 0 spiro atoms. The molecule has 1 unspecified atom stereocenters. The van der Waals surface area contributed by atoms with Crippen molar-refractivity contribution in [3.05, 3.63) is 59.7 Å². The average molecular weight is 452 g/mol. The Morgan fingerprint density at radius 3 is 2.24 bits per heavy atom. The second-order valence-corrected chi connectivity index (χ2v) is 8.88. The molecule has 2 aliphatic rings. The average Bonchev–Trinajstić information content (AvgIpc) is 3.30. The summed E-state index contributed by atoms with van der Waals surface area (Å²) in [5.41, 5.74) is 1.84. The maximum atomic E-state index is 13.0. The minimum Gasteiger partial charge on any atom is -0.497 e. The van der Waals surface area contributed by atoms with E-state index in [1.54, 1.807) is 32.4 Å². The van der Waals surface area contributed by atoms with Gasteiger partial charge in [0.15, 0.2) is 0 Å². The first kappa shape index (κ1) is 23.1. The number of rotatable bonds is 7. The van der Waals surface area contributed by atoms with E-state index in [-0.39, 0.29) is 23.8 Å². The first-order chi connectivity index (χ1) is 16.1. The van der Waals surface area contributed by atoms with Crippen molar-refractivity contribution in [2.24, 2.45) is 5.92 Å². The molecule has 7 heteroatoms. The van der Waals surface area contributed by atoms with Crippen LogP contribution < -0.4 is 14.8 Å². The van der Waals surface area contributed by atoms with Crippen LogP contribution >= 0.6 is 0 Å². The topological polar surface area (TPSA) is 71.1 Å². The van der Waals surface area contributed by atoms with Gasteiger partial charge in [-0.05, 0) is 37.0 Å². The third-order valence-corrected chi connectivity index (χ3v) is 6.62. The van der Waals surface area contributed by atoms with Crippen molar-refractivity contribution in [2.75, 3.05) is 40.4 Å². The van der Waals surface area contributed by atoms with Crippen LogP contribution in [-0.4, -0.2) is 68.1 Å². The molecule has 0 radical (unpaired) electrons. The van der Waals surface area contributed by atoms with Gasteiger partial charge in [0.2, 0.25) is 5.91 Å². The molecule has 2 aromatic carbocycles. The van der Waals surface area contributed by atoms with Gasteiger partial charge < -0.3 is 19.7 Å². The number of piperidine rings is 1. The van der Waals surface area contributed by atoms with E-state index in [4.69, 9.17) is 9.47 Å². The molecular weight excluding hydrogens is 418 g/mol. The van der Waals surface area contributed by atoms with Crippen molar-refractivity contribution in [3.8, 4) is 11.5 Å². The third kappa shape index (κ3) is 5.85. The number of likely N-dealkylation sites (tertiary alicyclic amines) is 2. The van der Waals surface area contributed by atoms with Crippen LogP contribution in [-0.2, 0) is 11.3 Å². The van der Waals surface area contributed by atoms with Crippen molar-refractivity contribution in [3.63, 3.8) is 0 Å². The van der Waals surface area contributed by atoms with Gasteiger partial charge >= 0.3 is 0 Å². The van der Waals surface area contributed by atoms with Crippen LogP contribution in [0.5, 0.6) is 11.5 Å². The lowest BCUT2D eigenvalue weighted by molar-refractivity contribution is -0.126. The van der Waals surface area contributed by atoms with E-state index in [1.165, 1.54) is 5.56 Å². The summed E-state index contributed by atoms with van der Waals surface area (Å²) in [5, 5.41) is 3.25. The third-order valence-electron chi connectivity index (χ3n) is 6.62. The zero-order valence-corrected chi connectivity index (χ0v) is 19.5. The van der Waals surface area contributed by atoms with E-state index in [0.717, 1.165) is 26.1 Å². The molecule has 0 aromatic heterocycles. The Labute approximate surface area is 195 Å². The molecule has 2 heterocycles. The number of amides is 2. The monoisotopic (exact) mass is 451 g/mol. The summed E-state index contributed by atoms with van der Waals surface area (Å²) in [6, 6.07) is 15.8. The minimum absolute atomic E-state index is 0.0444. The van der Waals surface area contributed by atoms with Crippen LogP contribution in [0, 0.1) is 5.92 Å². The number of methoxy groups -OCH3 is 2. The van der Waals surface area contributed by atoms with Crippen LogP contribution in [0.3, 0.4) is 0 Å². The van der Waals surface area contributed by atoms with E-state index in [2.05, 4.69) is 34.5 Å². The normalized spacial score (nSPS) is 19.3. The number of hydrogen-bond donors (Lipinski definition) is 1. The van der Waals surface area contributed by atoms with Gasteiger partial charge in [0.05, 0.1) is 14.2 Å². The lowest BCUT2D eigenvalue weighted by Gasteiger charge is -2.32. The predicted molar refractivity (Wildman–Crippen MR) is 126 cm³/mol. The van der Waals surface area contributed by atoms with Crippen molar-refractivity contribution < 1.29 is 19.1 Å². The molecule has 7 nitrogen and oxygen atoms in total. The highest BCUT2D eigenvalue weighted by Crippen LogP contribution is 2.26. The Bertz CT molecular complexity index is 935. The molecule has 2 saturated heterocycles. The first-order valence-corrected chi connectivity index (χ1v) is 11.6. The Hall–Kier alpha value is -3.06. The summed E-state index contributed by atoms with van der Waals surface area (Å²) < 4.78 is 10.6. The summed E-state index contributed by atoms with van der Waals surface area (Å²) in [6.07, 6.45) is 2.34. The fourth-order valence-corrected chi connectivity index (χ4v) is 4.71. The van der Waals surface area contributed by atoms with Crippen molar-refractivity contribution >= 4 is 11.8 Å². The molecule has 2 aromatic rings. The van der Waals surface area contributed by atoms with Crippen LogP contribution in [0.4, 0.5) is 0 Å². The maximum absolute atomic E-state index is 13.0. The summed E-state index contributed by atoms with van der Waals surface area (Å²) >= 11 is 0. The number of ether oxygens (including phenoxy) is 2. The Kier molecular flexibility index (Phi) is 7.50. The second kappa shape index (κ2) is 10.7. The van der Waals surface area contributed by atoms with Gasteiger partial charge in [0, 0.05) is 56.3 Å². The fraction of sp³-hybridized carbons (Fsp3) is 0.462. The molecule has 0 bridgehead atoms. The van der Waals surface area contributed by atoms with Crippen molar-refractivity contribution in [2.45, 2.75) is 31.8 Å². The zero-order valence-electron chi connectivity index (χ0n) is 19.5. The van der Waals surface area contributed by atoms with E-state index in [0.29, 0.717) is 43.0 Å². The molecule has 0 saturated carbocycles. The number of nitrogens with zero attached hydrogens (tertiary/aromatic N) is 2. The summed E-state index contributed by atoms with van der Waals surface area (Å²) in [7, 11) is 3.14. The molecule has 33 heavy (non-hydrogen) atoms. The van der Waals surface area contributed by atoms with Gasteiger partial charge in [-0.25, -0.2) is 0 Å². The van der Waals surface area contributed by atoms with E-state index >= 15 is 0 Å². The van der Waals surface area contributed by atoms with E-state index in [9.17, 15) is 9.59 Å². The zero-order chi connectivity index (χ0) is 23.2. The van der Waals surface area contributed by atoms with Gasteiger partial charge in [-0.3, -0.25) is 14.5 Å². The number of carbonyl (C=O) groups excluding carboxylic acids is 2. The highest BCUT2D eigenvalue weighted by molar-refractivity contribution is 5.95. The molecule has 0 aliphatic carbocycles. The lowest BCUT2D eigenvalue weighted by Crippen LogP contribution is -2.46. The van der Waals surface area contributed by atoms with Crippen molar-refractivity contribution in [1.82, 2.24) is 15.1 Å². The van der Waals surface area contributed by atoms with E-state index < -0.39 is 0 Å². The molecule has 2 amide bonds. The van der Waals surface area contributed by atoms with Gasteiger partial charge in [-0.2, -0.15) is 0 Å². The minimum atomic E-state index is -0.0570. The fourth-order valence-electron chi connectivity index (χ4n) is 4.71. The standard InChI is InChI=1S/C26H33N3O4/c1-32-23-14-21(15-24(16-23)33-2)26(31)29-12-8-20(9-13-29)25(30)27-22-10-11-28(18-22)17-19-6-4-3-5-7-19/h3-7,14-16,20,22H,8-13,17-18H2,1-2H3,(H,27,30). The summed E-state index contributed by atoms with van der Waals surface area (Å²) in [4.78, 5) is 30.1. The second-order valence-electron chi connectivity index (χ2n) is 8.88. The lowest BCUT2D eigenvalue weighted by atomic mass is 9.95. The van der Waals surface area contributed by atoms with Gasteiger partial charge in [-0.15, -0.1) is 0 Å². The van der Waals surface area contributed by atoms with Crippen LogP contribution in [0.15, 0.2) is 48.5 Å². The van der Waals surface area contributed by atoms with E-state index in [1.807, 2.05) is 11.0 Å². The first-order valence-electron chi connectivity index (χ1n) is 11.6. The Morgan fingerprint density at radius 1 is 0.939 bits per heavy atom. The molecule has 1 N–H and O–H groups in total.